The molecule has 1 aromatic carbocycles. The summed E-state index contributed by atoms with van der Waals surface area (Å²) in [5, 5.41) is 6.50. The summed E-state index contributed by atoms with van der Waals surface area (Å²) in [5.74, 6) is -0.827. The minimum Gasteiger partial charge on any atom is -0.352 e. The molecule has 2 N–H and O–H groups in total. The van der Waals surface area contributed by atoms with Gasteiger partial charge in [-0.15, -0.1) is 11.8 Å². The zero-order valence-electron chi connectivity index (χ0n) is 13.2. The zero-order valence-corrected chi connectivity index (χ0v) is 14.0. The van der Waals surface area contributed by atoms with Gasteiger partial charge in [-0.1, -0.05) is 18.2 Å². The molecule has 0 bridgehead atoms. The Bertz CT molecular complexity index is 702. The van der Waals surface area contributed by atoms with Crippen LogP contribution in [0.25, 0.3) is 0 Å². The first-order chi connectivity index (χ1) is 11.7. The molecule has 1 heterocycles. The molecule has 0 aliphatic heterocycles. The van der Waals surface area contributed by atoms with Crippen molar-refractivity contribution in [2.75, 3.05) is 6.26 Å². The van der Waals surface area contributed by atoms with E-state index in [-0.39, 0.29) is 12.3 Å². The lowest BCUT2D eigenvalue weighted by molar-refractivity contribution is -0.129. The summed E-state index contributed by atoms with van der Waals surface area (Å²) in [4.78, 5) is 28.4. The highest BCUT2D eigenvalue weighted by Gasteiger charge is 2.08. The summed E-state index contributed by atoms with van der Waals surface area (Å²) in [5.41, 5.74) is 4.08. The predicted molar refractivity (Wildman–Crippen MR) is 94.7 cm³/mol. The largest absolute Gasteiger partial charge is 0.352 e. The van der Waals surface area contributed by atoms with Gasteiger partial charge in [0.15, 0.2) is 0 Å². The second kappa shape index (κ2) is 9.46. The number of hydrogen-bond donors (Lipinski definition) is 2. The summed E-state index contributed by atoms with van der Waals surface area (Å²) in [7, 11) is 0. The maximum Gasteiger partial charge on any atom is 0.249 e. The number of thioether (sulfide) groups is 1. The minimum absolute atomic E-state index is 0.275. The number of nitrogens with one attached hydrogen (secondary N) is 2. The number of hydrogen-bond acceptors (Lipinski definition) is 5. The Hall–Kier alpha value is -2.67. The Morgan fingerprint density at radius 2 is 2.00 bits per heavy atom. The molecule has 0 saturated heterocycles. The molecule has 0 saturated carbocycles. The lowest BCUT2D eigenvalue weighted by Crippen LogP contribution is -2.29. The van der Waals surface area contributed by atoms with Crippen molar-refractivity contribution in [1.29, 1.82) is 0 Å². The molecule has 0 aliphatic carbocycles. The zero-order chi connectivity index (χ0) is 17.2. The fraction of sp³-hybridized carbons (Fsp3) is 0.176. The normalized spacial score (nSPS) is 10.5. The van der Waals surface area contributed by atoms with Gasteiger partial charge in [0.05, 0.1) is 6.21 Å². The molecular weight excluding hydrogens is 324 g/mol. The predicted octanol–water partition coefficient (Wildman–Crippen LogP) is 1.96. The third-order valence-corrected chi connectivity index (χ3v) is 3.80. The van der Waals surface area contributed by atoms with Gasteiger partial charge in [0.1, 0.15) is 6.42 Å². The molecule has 6 nitrogen and oxygen atoms in total. The Balaban J connectivity index is 1.71. The number of carbonyl (C=O) groups excluding carboxylic acids is 2. The quantitative estimate of drug-likeness (QED) is 0.349. The first-order valence-electron chi connectivity index (χ1n) is 7.29. The molecule has 24 heavy (non-hydrogen) atoms. The molecule has 1 aromatic heterocycles. The topological polar surface area (TPSA) is 83.5 Å². The van der Waals surface area contributed by atoms with Gasteiger partial charge in [0.2, 0.25) is 11.8 Å². The molecule has 0 aliphatic rings. The molecule has 0 atom stereocenters. The average molecular weight is 342 g/mol. The molecule has 0 fully saturated rings. The first-order valence-corrected chi connectivity index (χ1v) is 8.51. The Kier molecular flexibility index (Phi) is 6.97. The second-order valence-corrected chi connectivity index (χ2v) is 5.76. The van der Waals surface area contributed by atoms with Crippen molar-refractivity contribution in [2.24, 2.45) is 5.10 Å². The van der Waals surface area contributed by atoms with Crippen LogP contribution in [0.5, 0.6) is 0 Å². The molecule has 0 spiro atoms. The van der Waals surface area contributed by atoms with E-state index in [1.165, 1.54) is 6.21 Å². The van der Waals surface area contributed by atoms with Crippen molar-refractivity contribution >= 4 is 29.8 Å². The van der Waals surface area contributed by atoms with Gasteiger partial charge in [-0.2, -0.15) is 5.10 Å². The summed E-state index contributed by atoms with van der Waals surface area (Å²) in [6, 6.07) is 11.4. The summed E-state index contributed by atoms with van der Waals surface area (Å²) < 4.78 is 0. The van der Waals surface area contributed by atoms with Crippen LogP contribution >= 0.6 is 11.8 Å². The number of nitrogens with zero attached hydrogens (tertiary/aromatic N) is 2. The SMILES string of the molecule is CSc1ccc(/C=N/NC(=O)CC(=O)NCc2cccnc2)cc1. The standard InChI is InChI=1S/C17H18N4O2S/c1-24-15-6-4-13(5-7-15)12-20-21-17(23)9-16(22)19-11-14-3-2-8-18-10-14/h2-8,10,12H,9,11H2,1H3,(H,19,22)(H,21,23)/b20-12+. The van der Waals surface area contributed by atoms with E-state index in [4.69, 9.17) is 0 Å². The van der Waals surface area contributed by atoms with Gasteiger partial charge >= 0.3 is 0 Å². The fourth-order valence-electron chi connectivity index (χ4n) is 1.82. The Morgan fingerprint density at radius 1 is 1.21 bits per heavy atom. The van der Waals surface area contributed by atoms with Crippen molar-refractivity contribution in [3.8, 4) is 0 Å². The molecule has 124 valence electrons. The minimum atomic E-state index is -0.462. The van der Waals surface area contributed by atoms with Gasteiger partial charge in [-0.3, -0.25) is 14.6 Å². The van der Waals surface area contributed by atoms with Crippen molar-refractivity contribution in [1.82, 2.24) is 15.7 Å². The molecule has 7 heteroatoms. The van der Waals surface area contributed by atoms with E-state index in [1.54, 1.807) is 30.2 Å². The number of benzene rings is 1. The molecular formula is C17H18N4O2S. The molecule has 0 radical (unpaired) electrons. The maximum absolute atomic E-state index is 11.7. The van der Waals surface area contributed by atoms with E-state index in [9.17, 15) is 9.59 Å². The van der Waals surface area contributed by atoms with Gasteiger partial charge < -0.3 is 5.32 Å². The van der Waals surface area contributed by atoms with Crippen LogP contribution in [0.1, 0.15) is 17.5 Å². The van der Waals surface area contributed by atoms with Crippen LogP contribution in [0.4, 0.5) is 0 Å². The monoisotopic (exact) mass is 342 g/mol. The van der Waals surface area contributed by atoms with Crippen LogP contribution in [-0.2, 0) is 16.1 Å². The second-order valence-electron chi connectivity index (χ2n) is 4.88. The van der Waals surface area contributed by atoms with Gasteiger partial charge in [-0.05, 0) is 35.6 Å². The molecule has 2 amide bonds. The van der Waals surface area contributed by atoms with E-state index >= 15 is 0 Å². The number of rotatable bonds is 7. The van der Waals surface area contributed by atoms with E-state index in [1.807, 2.05) is 36.6 Å². The molecule has 2 rings (SSSR count). The first kappa shape index (κ1) is 17.7. The Labute approximate surface area is 144 Å². The van der Waals surface area contributed by atoms with E-state index in [0.29, 0.717) is 6.54 Å². The number of hydrazone groups is 1. The highest BCUT2D eigenvalue weighted by Crippen LogP contribution is 2.13. The lowest BCUT2D eigenvalue weighted by atomic mass is 10.2. The molecule has 2 aromatic rings. The number of aromatic nitrogens is 1. The van der Waals surface area contributed by atoms with E-state index in [0.717, 1.165) is 16.0 Å². The van der Waals surface area contributed by atoms with Gasteiger partial charge in [0.25, 0.3) is 0 Å². The molecule has 0 unspecified atom stereocenters. The van der Waals surface area contributed by atoms with Crippen LogP contribution in [0.2, 0.25) is 0 Å². The highest BCUT2D eigenvalue weighted by molar-refractivity contribution is 7.98. The third-order valence-electron chi connectivity index (χ3n) is 3.05. The van der Waals surface area contributed by atoms with Crippen LogP contribution in [-0.4, -0.2) is 29.3 Å². The van der Waals surface area contributed by atoms with Crippen molar-refractivity contribution in [3.63, 3.8) is 0 Å². The van der Waals surface area contributed by atoms with E-state index in [2.05, 4.69) is 20.8 Å². The van der Waals surface area contributed by atoms with Crippen molar-refractivity contribution in [2.45, 2.75) is 17.9 Å². The fourth-order valence-corrected chi connectivity index (χ4v) is 2.23. The average Bonchev–Trinajstić information content (AvgIpc) is 2.61. The summed E-state index contributed by atoms with van der Waals surface area (Å²) in [6.45, 7) is 0.338. The number of carbonyl (C=O) groups is 2. The smallest absolute Gasteiger partial charge is 0.249 e. The van der Waals surface area contributed by atoms with E-state index < -0.39 is 5.91 Å². The van der Waals surface area contributed by atoms with Crippen molar-refractivity contribution in [3.05, 3.63) is 59.9 Å². The van der Waals surface area contributed by atoms with Crippen LogP contribution in [0.3, 0.4) is 0 Å². The lowest BCUT2D eigenvalue weighted by Gasteiger charge is -2.04. The van der Waals surface area contributed by atoms with Crippen LogP contribution in [0.15, 0.2) is 58.8 Å². The number of amides is 2. The van der Waals surface area contributed by atoms with Crippen LogP contribution in [0, 0.1) is 0 Å². The Morgan fingerprint density at radius 3 is 2.67 bits per heavy atom. The van der Waals surface area contributed by atoms with Gasteiger partial charge in [-0.25, -0.2) is 5.43 Å². The highest BCUT2D eigenvalue weighted by atomic mass is 32.2. The third kappa shape index (κ3) is 6.21. The number of pyridine rings is 1. The maximum atomic E-state index is 11.7. The van der Waals surface area contributed by atoms with Gasteiger partial charge in [0, 0.05) is 23.8 Å². The van der Waals surface area contributed by atoms with Crippen LogP contribution < -0.4 is 10.7 Å². The summed E-state index contributed by atoms with van der Waals surface area (Å²) in [6.07, 6.45) is 6.58. The summed E-state index contributed by atoms with van der Waals surface area (Å²) >= 11 is 1.65. The van der Waals surface area contributed by atoms with Crippen molar-refractivity contribution < 1.29 is 9.59 Å².